The first-order valence-corrected chi connectivity index (χ1v) is 8.23. The first-order valence-electron chi connectivity index (χ1n) is 6.79. The van der Waals surface area contributed by atoms with Crippen molar-refractivity contribution in [1.29, 1.82) is 0 Å². The summed E-state index contributed by atoms with van der Waals surface area (Å²) in [6, 6.07) is 7.43. The van der Waals surface area contributed by atoms with Gasteiger partial charge >= 0.3 is 10.2 Å². The lowest BCUT2D eigenvalue weighted by atomic mass is 10.3. The second kappa shape index (κ2) is 6.23. The fourth-order valence-corrected chi connectivity index (χ4v) is 3.35. The van der Waals surface area contributed by atoms with Gasteiger partial charge in [-0.05, 0) is 25.0 Å². The van der Waals surface area contributed by atoms with Crippen molar-refractivity contribution in [2.45, 2.75) is 26.7 Å². The smallest absolute Gasteiger partial charge is 0.303 e. The number of H-pyrrole nitrogens is 1. The van der Waals surface area contributed by atoms with Gasteiger partial charge in [0.1, 0.15) is 0 Å². The second-order valence-electron chi connectivity index (χ2n) is 4.61. The standard InChI is InChI=1S/C13H20N4O2S/c1-3-9-17(10-4-2)20(18,19)16-13-14-11-7-5-6-8-12(11)15-13/h5-8H,3-4,9-10H2,1-2H3,(H2,14,15,16). The number of aromatic amines is 1. The fraction of sp³-hybridized carbons (Fsp3) is 0.462. The Morgan fingerprint density at radius 2 is 1.85 bits per heavy atom. The molecule has 0 fully saturated rings. The normalized spacial score (nSPS) is 12.2. The van der Waals surface area contributed by atoms with E-state index in [4.69, 9.17) is 0 Å². The Balaban J connectivity index is 2.21. The maximum Gasteiger partial charge on any atom is 0.303 e. The van der Waals surface area contributed by atoms with Gasteiger partial charge in [-0.25, -0.2) is 9.71 Å². The van der Waals surface area contributed by atoms with Crippen LogP contribution in [0.25, 0.3) is 11.0 Å². The van der Waals surface area contributed by atoms with Crippen LogP contribution >= 0.6 is 0 Å². The van der Waals surface area contributed by atoms with Gasteiger partial charge in [0.2, 0.25) is 5.95 Å². The van der Waals surface area contributed by atoms with Crippen LogP contribution in [0.2, 0.25) is 0 Å². The van der Waals surface area contributed by atoms with Gasteiger partial charge in [0.05, 0.1) is 11.0 Å². The molecule has 0 unspecified atom stereocenters. The number of para-hydroxylation sites is 2. The Bertz CT molecular complexity index is 627. The van der Waals surface area contributed by atoms with E-state index in [0.717, 1.165) is 23.9 Å². The van der Waals surface area contributed by atoms with Gasteiger partial charge in [-0.3, -0.25) is 0 Å². The van der Waals surface area contributed by atoms with Gasteiger partial charge in [0.25, 0.3) is 0 Å². The van der Waals surface area contributed by atoms with Crippen LogP contribution in [0.4, 0.5) is 5.95 Å². The van der Waals surface area contributed by atoms with E-state index in [1.807, 2.05) is 38.1 Å². The highest BCUT2D eigenvalue weighted by Crippen LogP contribution is 2.15. The molecule has 0 aliphatic heterocycles. The van der Waals surface area contributed by atoms with Crippen molar-refractivity contribution in [1.82, 2.24) is 14.3 Å². The molecule has 0 bridgehead atoms. The fourth-order valence-electron chi connectivity index (χ4n) is 2.04. The summed E-state index contributed by atoms with van der Waals surface area (Å²) in [5.41, 5.74) is 1.55. The third-order valence-electron chi connectivity index (χ3n) is 2.90. The van der Waals surface area contributed by atoms with Crippen LogP contribution in [0, 0.1) is 0 Å². The Labute approximate surface area is 119 Å². The third kappa shape index (κ3) is 3.29. The van der Waals surface area contributed by atoms with Gasteiger partial charge in [-0.2, -0.15) is 12.7 Å². The van der Waals surface area contributed by atoms with Crippen LogP contribution in [0.3, 0.4) is 0 Å². The molecular weight excluding hydrogens is 276 g/mol. The van der Waals surface area contributed by atoms with Crippen molar-refractivity contribution in [2.24, 2.45) is 0 Å². The van der Waals surface area contributed by atoms with Crippen molar-refractivity contribution in [3.8, 4) is 0 Å². The van der Waals surface area contributed by atoms with Crippen LogP contribution in [-0.2, 0) is 10.2 Å². The molecule has 0 aliphatic rings. The number of hydrogen-bond donors (Lipinski definition) is 2. The molecule has 2 rings (SSSR count). The molecule has 1 aromatic carbocycles. The minimum atomic E-state index is -3.56. The first-order chi connectivity index (χ1) is 9.56. The molecule has 110 valence electrons. The Morgan fingerprint density at radius 1 is 1.20 bits per heavy atom. The highest BCUT2D eigenvalue weighted by Gasteiger charge is 2.21. The van der Waals surface area contributed by atoms with Gasteiger partial charge in [-0.15, -0.1) is 0 Å². The van der Waals surface area contributed by atoms with E-state index >= 15 is 0 Å². The van der Waals surface area contributed by atoms with Crippen molar-refractivity contribution < 1.29 is 8.42 Å². The zero-order valence-electron chi connectivity index (χ0n) is 11.8. The highest BCUT2D eigenvalue weighted by atomic mass is 32.2. The lowest BCUT2D eigenvalue weighted by molar-refractivity contribution is 0.413. The van der Waals surface area contributed by atoms with Gasteiger partial charge in [0, 0.05) is 13.1 Å². The summed E-state index contributed by atoms with van der Waals surface area (Å²) in [5.74, 6) is 0.253. The van der Waals surface area contributed by atoms with Crippen molar-refractivity contribution in [3.05, 3.63) is 24.3 Å². The summed E-state index contributed by atoms with van der Waals surface area (Å²) < 4.78 is 28.6. The molecule has 0 amide bonds. The van der Waals surface area contributed by atoms with E-state index in [1.165, 1.54) is 4.31 Å². The van der Waals surface area contributed by atoms with Crippen LogP contribution in [0.5, 0.6) is 0 Å². The molecule has 0 spiro atoms. The van der Waals surface area contributed by atoms with Crippen molar-refractivity contribution in [3.63, 3.8) is 0 Å². The van der Waals surface area contributed by atoms with E-state index < -0.39 is 10.2 Å². The number of nitrogens with one attached hydrogen (secondary N) is 2. The van der Waals surface area contributed by atoms with E-state index in [1.54, 1.807) is 0 Å². The Hall–Kier alpha value is -1.60. The molecule has 6 nitrogen and oxygen atoms in total. The third-order valence-corrected chi connectivity index (χ3v) is 4.40. The molecule has 0 saturated carbocycles. The molecule has 2 aromatic rings. The predicted octanol–water partition coefficient (Wildman–Crippen LogP) is 2.34. The van der Waals surface area contributed by atoms with E-state index in [9.17, 15) is 8.42 Å². The largest absolute Gasteiger partial charge is 0.323 e. The number of aromatic nitrogens is 2. The average molecular weight is 296 g/mol. The van der Waals surface area contributed by atoms with Crippen LogP contribution in [0.1, 0.15) is 26.7 Å². The molecule has 0 aliphatic carbocycles. The van der Waals surface area contributed by atoms with E-state index in [2.05, 4.69) is 14.7 Å². The number of rotatable bonds is 7. The maximum atomic E-state index is 12.3. The summed E-state index contributed by atoms with van der Waals surface area (Å²) in [7, 11) is -3.56. The van der Waals surface area contributed by atoms with E-state index in [0.29, 0.717) is 13.1 Å². The maximum absolute atomic E-state index is 12.3. The number of hydrogen-bond acceptors (Lipinski definition) is 3. The predicted molar refractivity (Wildman–Crippen MR) is 80.8 cm³/mol. The summed E-state index contributed by atoms with van der Waals surface area (Å²) in [5, 5.41) is 0. The summed E-state index contributed by atoms with van der Waals surface area (Å²) >= 11 is 0. The minimum Gasteiger partial charge on any atom is -0.323 e. The molecular formula is C13H20N4O2S. The number of fused-ring (bicyclic) bond motifs is 1. The van der Waals surface area contributed by atoms with Gasteiger partial charge in [-0.1, -0.05) is 26.0 Å². The molecule has 20 heavy (non-hydrogen) atoms. The number of benzene rings is 1. The monoisotopic (exact) mass is 296 g/mol. The summed E-state index contributed by atoms with van der Waals surface area (Å²) in [6.45, 7) is 4.92. The molecule has 2 N–H and O–H groups in total. The summed E-state index contributed by atoms with van der Waals surface area (Å²) in [6.07, 6.45) is 1.56. The quantitative estimate of drug-likeness (QED) is 0.823. The Kier molecular flexibility index (Phi) is 4.61. The zero-order chi connectivity index (χ0) is 14.6. The first kappa shape index (κ1) is 14.8. The Morgan fingerprint density at radius 3 is 2.45 bits per heavy atom. The molecule has 7 heteroatoms. The molecule has 1 heterocycles. The topological polar surface area (TPSA) is 78.1 Å². The molecule has 0 atom stereocenters. The van der Waals surface area contributed by atoms with Crippen LogP contribution in [0.15, 0.2) is 24.3 Å². The zero-order valence-corrected chi connectivity index (χ0v) is 12.6. The summed E-state index contributed by atoms with van der Waals surface area (Å²) in [4.78, 5) is 7.19. The van der Waals surface area contributed by atoms with E-state index in [-0.39, 0.29) is 5.95 Å². The number of imidazole rings is 1. The van der Waals surface area contributed by atoms with Gasteiger partial charge in [0.15, 0.2) is 0 Å². The van der Waals surface area contributed by atoms with Crippen LogP contribution < -0.4 is 4.72 Å². The molecule has 0 radical (unpaired) electrons. The molecule has 0 saturated heterocycles. The lowest BCUT2D eigenvalue weighted by Gasteiger charge is -2.20. The van der Waals surface area contributed by atoms with Crippen molar-refractivity contribution >= 4 is 27.2 Å². The second-order valence-corrected chi connectivity index (χ2v) is 6.28. The SMILES string of the molecule is CCCN(CCC)S(=O)(=O)Nc1nc2ccccc2[nH]1. The average Bonchev–Trinajstić information content (AvgIpc) is 2.79. The van der Waals surface area contributed by atoms with Crippen molar-refractivity contribution in [2.75, 3.05) is 17.8 Å². The minimum absolute atomic E-state index is 0.253. The number of anilines is 1. The number of nitrogens with zero attached hydrogens (tertiary/aromatic N) is 2. The van der Waals surface area contributed by atoms with Crippen LogP contribution in [-0.4, -0.2) is 35.8 Å². The van der Waals surface area contributed by atoms with Gasteiger partial charge < -0.3 is 4.98 Å². The molecule has 1 aromatic heterocycles. The highest BCUT2D eigenvalue weighted by molar-refractivity contribution is 7.90. The lowest BCUT2D eigenvalue weighted by Crippen LogP contribution is -2.37.